The molecule has 0 bridgehead atoms. The summed E-state index contributed by atoms with van der Waals surface area (Å²) in [6.45, 7) is 0. The van der Waals surface area contributed by atoms with Crippen LogP contribution in [0.4, 0.5) is 5.69 Å². The van der Waals surface area contributed by atoms with Crippen molar-refractivity contribution in [2.24, 2.45) is 0 Å². The average molecular weight is 111 g/mol. The fraction of sp³-hybridized carbons (Fsp3) is 0. The molecule has 4 nitrogen and oxygen atoms in total. The van der Waals surface area contributed by atoms with E-state index in [4.69, 9.17) is 5.73 Å². The first-order chi connectivity index (χ1) is 3.79. The van der Waals surface area contributed by atoms with Gasteiger partial charge in [-0.3, -0.25) is 0 Å². The molecule has 0 spiro atoms. The lowest BCUT2D eigenvalue weighted by atomic mass is 10.5. The Balaban J connectivity index is 3.08. The van der Waals surface area contributed by atoms with Crippen molar-refractivity contribution in [1.29, 1.82) is 0 Å². The van der Waals surface area contributed by atoms with Gasteiger partial charge in [-0.2, -0.15) is 0 Å². The molecule has 1 heterocycles. The van der Waals surface area contributed by atoms with Crippen LogP contribution in [0, 0.1) is 5.21 Å². The van der Waals surface area contributed by atoms with Gasteiger partial charge < -0.3 is 10.9 Å². The molecule has 1 aromatic heterocycles. The third kappa shape index (κ3) is 0.841. The van der Waals surface area contributed by atoms with Crippen LogP contribution in [0.1, 0.15) is 0 Å². The van der Waals surface area contributed by atoms with Gasteiger partial charge >= 0.3 is 0 Å². The number of aromatic nitrogens is 2. The van der Waals surface area contributed by atoms with E-state index in [2.05, 4.69) is 5.10 Å². The van der Waals surface area contributed by atoms with Crippen LogP contribution in [0.3, 0.4) is 0 Å². The molecular weight excluding hydrogens is 106 g/mol. The molecule has 0 aliphatic carbocycles. The second kappa shape index (κ2) is 1.65. The van der Waals surface area contributed by atoms with Crippen molar-refractivity contribution in [3.63, 3.8) is 0 Å². The summed E-state index contributed by atoms with van der Waals surface area (Å²) in [7, 11) is 0. The van der Waals surface area contributed by atoms with Gasteiger partial charge in [-0.1, -0.05) is 4.85 Å². The molecule has 0 amide bonds. The van der Waals surface area contributed by atoms with Crippen molar-refractivity contribution >= 4 is 5.69 Å². The van der Waals surface area contributed by atoms with Gasteiger partial charge in [0, 0.05) is 5.10 Å². The van der Waals surface area contributed by atoms with Gasteiger partial charge in [-0.05, 0) is 6.07 Å². The lowest BCUT2D eigenvalue weighted by Crippen LogP contribution is -2.29. The van der Waals surface area contributed by atoms with Crippen molar-refractivity contribution in [2.45, 2.75) is 0 Å². The highest BCUT2D eigenvalue weighted by molar-refractivity contribution is 5.29. The molecule has 0 saturated carbocycles. The molecule has 0 aliphatic heterocycles. The van der Waals surface area contributed by atoms with E-state index in [1.165, 1.54) is 12.4 Å². The molecule has 1 rings (SSSR count). The molecule has 0 radical (unpaired) electrons. The van der Waals surface area contributed by atoms with Crippen LogP contribution in [-0.2, 0) is 0 Å². The molecule has 0 aromatic carbocycles. The van der Waals surface area contributed by atoms with Gasteiger partial charge in [0.1, 0.15) is 5.69 Å². The maximum atomic E-state index is 10.2. The minimum absolute atomic E-state index is 0.412. The fourth-order valence-corrected chi connectivity index (χ4v) is 0.389. The first-order valence-electron chi connectivity index (χ1n) is 2.10. The highest BCUT2D eigenvalue weighted by Crippen LogP contribution is 1.88. The lowest BCUT2D eigenvalue weighted by Gasteiger charge is -1.89. The Kier molecular flexibility index (Phi) is 0.997. The molecule has 4 heteroatoms. The Morgan fingerprint density at radius 1 is 1.75 bits per heavy atom. The van der Waals surface area contributed by atoms with Crippen LogP contribution in [0.5, 0.6) is 0 Å². The van der Waals surface area contributed by atoms with Gasteiger partial charge in [0.15, 0.2) is 0 Å². The predicted octanol–water partition coefficient (Wildman–Crippen LogP) is -0.703. The van der Waals surface area contributed by atoms with Crippen LogP contribution >= 0.6 is 0 Å². The molecule has 0 fully saturated rings. The van der Waals surface area contributed by atoms with Gasteiger partial charge in [0.05, 0.1) is 6.20 Å². The maximum absolute atomic E-state index is 10.2. The number of nitrogens with two attached hydrogens (primary N) is 1. The van der Waals surface area contributed by atoms with Crippen LogP contribution < -0.4 is 10.6 Å². The molecule has 8 heavy (non-hydrogen) atoms. The minimum Gasteiger partial charge on any atom is -0.594 e. The highest BCUT2D eigenvalue weighted by atomic mass is 16.5. The van der Waals surface area contributed by atoms with Gasteiger partial charge in [0.2, 0.25) is 6.20 Å². The van der Waals surface area contributed by atoms with Crippen LogP contribution in [0.25, 0.3) is 0 Å². The number of anilines is 1. The van der Waals surface area contributed by atoms with E-state index in [0.717, 1.165) is 0 Å². The standard InChI is InChI=1S/C4H5N3O/c5-4-1-2-6-7(8)3-4/h1-3H,5H2. The van der Waals surface area contributed by atoms with E-state index in [1.807, 2.05) is 0 Å². The van der Waals surface area contributed by atoms with Crippen molar-refractivity contribution < 1.29 is 4.85 Å². The lowest BCUT2D eigenvalue weighted by molar-refractivity contribution is -0.668. The summed E-state index contributed by atoms with van der Waals surface area (Å²) in [4.78, 5) is 0.412. The zero-order valence-electron chi connectivity index (χ0n) is 4.11. The third-order valence-electron chi connectivity index (χ3n) is 0.707. The van der Waals surface area contributed by atoms with Gasteiger partial charge in [-0.15, -0.1) is 0 Å². The number of hydrogen-bond donors (Lipinski definition) is 1. The summed E-state index contributed by atoms with van der Waals surface area (Å²) in [5.41, 5.74) is 5.62. The monoisotopic (exact) mass is 111 g/mol. The third-order valence-corrected chi connectivity index (χ3v) is 0.707. The van der Waals surface area contributed by atoms with Crippen molar-refractivity contribution in [2.75, 3.05) is 5.73 Å². The summed E-state index contributed by atoms with van der Waals surface area (Å²) in [6, 6.07) is 1.55. The van der Waals surface area contributed by atoms with E-state index in [1.54, 1.807) is 6.07 Å². The molecule has 42 valence electrons. The Bertz CT molecular complexity index is 171. The van der Waals surface area contributed by atoms with Gasteiger partial charge in [-0.25, -0.2) is 0 Å². The molecule has 0 atom stereocenters. The quantitative estimate of drug-likeness (QED) is 0.355. The summed E-state index contributed by atoms with van der Waals surface area (Å²) < 4.78 is 0. The Labute approximate surface area is 46.1 Å². The van der Waals surface area contributed by atoms with Gasteiger partial charge in [0.25, 0.3) is 0 Å². The molecular formula is C4H5N3O. The van der Waals surface area contributed by atoms with E-state index < -0.39 is 0 Å². The van der Waals surface area contributed by atoms with Crippen LogP contribution in [0.15, 0.2) is 18.5 Å². The predicted molar refractivity (Wildman–Crippen MR) is 27.6 cm³/mol. The molecule has 0 aliphatic rings. The number of rotatable bonds is 0. The van der Waals surface area contributed by atoms with E-state index in [-0.39, 0.29) is 0 Å². The topological polar surface area (TPSA) is 65.8 Å². The first kappa shape index (κ1) is 4.83. The second-order valence-electron chi connectivity index (χ2n) is 1.36. The number of nitrogen functional groups attached to an aromatic ring is 1. The highest BCUT2D eigenvalue weighted by Gasteiger charge is 1.87. The minimum atomic E-state index is 0.412. The van der Waals surface area contributed by atoms with Crippen molar-refractivity contribution in [3.8, 4) is 0 Å². The molecule has 0 saturated heterocycles. The molecule has 0 unspecified atom stereocenters. The summed E-state index contributed by atoms with van der Waals surface area (Å²) >= 11 is 0. The SMILES string of the molecule is Nc1ccn[n+]([O-])c1. The van der Waals surface area contributed by atoms with Crippen LogP contribution in [-0.4, -0.2) is 5.10 Å². The number of hydrogen-bond acceptors (Lipinski definition) is 3. The molecule has 2 N–H and O–H groups in total. The molecule has 1 aromatic rings. The Morgan fingerprint density at radius 2 is 2.50 bits per heavy atom. The van der Waals surface area contributed by atoms with Crippen LogP contribution in [0.2, 0.25) is 0 Å². The maximum Gasteiger partial charge on any atom is 0.232 e. The van der Waals surface area contributed by atoms with Crippen molar-refractivity contribution in [1.82, 2.24) is 5.10 Å². The summed E-state index contributed by atoms with van der Waals surface area (Å²) in [5, 5.41) is 13.5. The number of nitrogens with zero attached hydrogens (tertiary/aromatic N) is 2. The van der Waals surface area contributed by atoms with E-state index in [9.17, 15) is 5.21 Å². The largest absolute Gasteiger partial charge is 0.594 e. The Morgan fingerprint density at radius 3 is 2.88 bits per heavy atom. The smallest absolute Gasteiger partial charge is 0.232 e. The fourth-order valence-electron chi connectivity index (χ4n) is 0.389. The zero-order chi connectivity index (χ0) is 5.98. The Hall–Kier alpha value is -1.32. The van der Waals surface area contributed by atoms with E-state index >= 15 is 0 Å². The first-order valence-corrected chi connectivity index (χ1v) is 2.10. The van der Waals surface area contributed by atoms with Crippen molar-refractivity contribution in [3.05, 3.63) is 23.7 Å². The summed E-state index contributed by atoms with van der Waals surface area (Å²) in [6.07, 6.45) is 2.54. The summed E-state index contributed by atoms with van der Waals surface area (Å²) in [5.74, 6) is 0. The average Bonchev–Trinajstić information content (AvgIpc) is 1.64. The van der Waals surface area contributed by atoms with E-state index in [0.29, 0.717) is 10.5 Å². The normalized spacial score (nSPS) is 9.00. The second-order valence-corrected chi connectivity index (χ2v) is 1.36. The zero-order valence-corrected chi connectivity index (χ0v) is 4.11.